The van der Waals surface area contributed by atoms with Crippen molar-refractivity contribution in [2.45, 2.75) is 6.92 Å². The summed E-state index contributed by atoms with van der Waals surface area (Å²) in [5.74, 6) is 0.0236. The lowest BCUT2D eigenvalue weighted by Crippen LogP contribution is -2.23. The summed E-state index contributed by atoms with van der Waals surface area (Å²) < 4.78 is 22.8. The van der Waals surface area contributed by atoms with Gasteiger partial charge in [0.1, 0.15) is 0 Å². The number of hydrogen-bond donors (Lipinski definition) is 1. The maximum absolute atomic E-state index is 10.9. The molecule has 0 fully saturated rings. The van der Waals surface area contributed by atoms with Crippen molar-refractivity contribution in [1.29, 1.82) is 0 Å². The van der Waals surface area contributed by atoms with E-state index in [-0.39, 0.29) is 11.5 Å². The van der Waals surface area contributed by atoms with Crippen LogP contribution in [-0.2, 0) is 10.0 Å². The van der Waals surface area contributed by atoms with E-state index in [0.717, 1.165) is 10.6 Å². The van der Waals surface area contributed by atoms with Crippen LogP contribution in [-0.4, -0.2) is 31.1 Å². The quantitative estimate of drug-likeness (QED) is 0.531. The minimum Gasteiger partial charge on any atom is -0.513 e. The Bertz CT molecular complexity index is 299. The lowest BCUT2D eigenvalue weighted by atomic mass is 10.4. The Hall–Kier alpha value is -0.970. The van der Waals surface area contributed by atoms with Gasteiger partial charge in [-0.1, -0.05) is 6.58 Å². The van der Waals surface area contributed by atoms with E-state index in [4.69, 9.17) is 5.11 Å². The summed E-state index contributed by atoms with van der Waals surface area (Å²) in [7, 11) is -1.90. The highest BCUT2D eigenvalue weighted by molar-refractivity contribution is 7.88. The predicted molar refractivity (Wildman–Crippen MR) is 48.1 cm³/mol. The molecule has 0 unspecified atom stereocenters. The van der Waals surface area contributed by atoms with Gasteiger partial charge in [-0.3, -0.25) is 4.31 Å². The highest BCUT2D eigenvalue weighted by Crippen LogP contribution is 2.06. The molecule has 70 valence electrons. The van der Waals surface area contributed by atoms with E-state index < -0.39 is 10.0 Å². The Morgan fingerprint density at radius 1 is 1.58 bits per heavy atom. The minimum absolute atomic E-state index is 0.0236. The highest BCUT2D eigenvalue weighted by atomic mass is 32.2. The first kappa shape index (κ1) is 11.0. The normalized spacial score (nSPS) is 12.8. The smallest absolute Gasteiger partial charge is 0.231 e. The summed E-state index contributed by atoms with van der Waals surface area (Å²) >= 11 is 0. The van der Waals surface area contributed by atoms with Crippen molar-refractivity contribution in [2.75, 3.05) is 13.3 Å². The van der Waals surface area contributed by atoms with Gasteiger partial charge in [0.25, 0.3) is 0 Å². The number of rotatable bonds is 3. The fourth-order valence-corrected chi connectivity index (χ4v) is 1.02. The van der Waals surface area contributed by atoms with E-state index in [0.29, 0.717) is 0 Å². The number of hydrogen-bond acceptors (Lipinski definition) is 3. The number of allylic oxidation sites excluding steroid dienone is 2. The monoisotopic (exact) mass is 191 g/mol. The summed E-state index contributed by atoms with van der Waals surface area (Å²) in [4.78, 5) is 0. The molecule has 0 spiro atoms. The van der Waals surface area contributed by atoms with Crippen LogP contribution in [0.1, 0.15) is 6.92 Å². The lowest BCUT2D eigenvalue weighted by Gasteiger charge is -2.16. The number of aliphatic hydroxyl groups is 1. The summed E-state index contributed by atoms with van der Waals surface area (Å²) in [5, 5.41) is 8.82. The second kappa shape index (κ2) is 3.62. The van der Waals surface area contributed by atoms with E-state index in [1.807, 2.05) is 0 Å². The van der Waals surface area contributed by atoms with Crippen LogP contribution in [0.2, 0.25) is 0 Å². The molecule has 0 rings (SSSR count). The molecular weight excluding hydrogens is 178 g/mol. The van der Waals surface area contributed by atoms with Crippen LogP contribution in [0.3, 0.4) is 0 Å². The Morgan fingerprint density at radius 3 is 2.25 bits per heavy atom. The second-order valence-electron chi connectivity index (χ2n) is 2.51. The first-order valence-corrected chi connectivity index (χ1v) is 5.10. The fraction of sp³-hybridized carbons (Fsp3) is 0.429. The molecular formula is C7H13NO3S. The highest BCUT2D eigenvalue weighted by Gasteiger charge is 2.10. The molecule has 0 radical (unpaired) electrons. The Morgan fingerprint density at radius 2 is 2.00 bits per heavy atom. The predicted octanol–water partition coefficient (Wildman–Crippen LogP) is 0.853. The zero-order valence-corrected chi connectivity index (χ0v) is 8.22. The van der Waals surface area contributed by atoms with Crippen molar-refractivity contribution < 1.29 is 13.5 Å². The number of sulfonamides is 1. The topological polar surface area (TPSA) is 57.6 Å². The van der Waals surface area contributed by atoms with Crippen molar-refractivity contribution in [1.82, 2.24) is 4.31 Å². The van der Waals surface area contributed by atoms with Gasteiger partial charge < -0.3 is 5.11 Å². The molecule has 0 heterocycles. The van der Waals surface area contributed by atoms with Crippen molar-refractivity contribution in [2.24, 2.45) is 0 Å². The van der Waals surface area contributed by atoms with Crippen LogP contribution in [0.5, 0.6) is 0 Å². The maximum atomic E-state index is 10.9. The summed E-state index contributed by atoms with van der Waals surface area (Å²) in [6.07, 6.45) is 2.35. The largest absolute Gasteiger partial charge is 0.513 e. The van der Waals surface area contributed by atoms with Gasteiger partial charge in [0.05, 0.1) is 12.0 Å². The van der Waals surface area contributed by atoms with E-state index >= 15 is 0 Å². The first-order valence-electron chi connectivity index (χ1n) is 3.25. The molecule has 5 heteroatoms. The second-order valence-corrected chi connectivity index (χ2v) is 4.52. The minimum atomic E-state index is -3.27. The van der Waals surface area contributed by atoms with Crippen molar-refractivity contribution in [3.63, 3.8) is 0 Å². The zero-order chi connectivity index (χ0) is 9.94. The lowest BCUT2D eigenvalue weighted by molar-refractivity contribution is 0.412. The van der Waals surface area contributed by atoms with Crippen LogP contribution in [0, 0.1) is 0 Å². The van der Waals surface area contributed by atoms with Gasteiger partial charge in [0, 0.05) is 12.7 Å². The Kier molecular flexibility index (Phi) is 3.33. The number of aliphatic hydroxyl groups excluding tert-OH is 1. The SMILES string of the molecule is C=C(/C=C(\C)O)N(C)S(C)(=O)=O. The molecule has 0 aromatic carbocycles. The molecule has 0 aliphatic carbocycles. The maximum Gasteiger partial charge on any atom is 0.231 e. The molecule has 12 heavy (non-hydrogen) atoms. The van der Waals surface area contributed by atoms with E-state index in [1.165, 1.54) is 20.0 Å². The molecule has 0 amide bonds. The average Bonchev–Trinajstić information content (AvgIpc) is 1.82. The number of likely N-dealkylation sites (N-methyl/N-ethyl adjacent to an activating group) is 1. The molecule has 4 nitrogen and oxygen atoms in total. The van der Waals surface area contributed by atoms with Crippen molar-refractivity contribution >= 4 is 10.0 Å². The van der Waals surface area contributed by atoms with Crippen LogP contribution in [0.4, 0.5) is 0 Å². The van der Waals surface area contributed by atoms with Gasteiger partial charge in [-0.25, -0.2) is 8.42 Å². The van der Waals surface area contributed by atoms with Gasteiger partial charge in [-0.2, -0.15) is 0 Å². The summed E-state index contributed by atoms with van der Waals surface area (Å²) in [5.41, 5.74) is 0.234. The Labute approximate surface area is 72.9 Å². The van der Waals surface area contributed by atoms with Gasteiger partial charge >= 0.3 is 0 Å². The van der Waals surface area contributed by atoms with Gasteiger partial charge in [0.2, 0.25) is 10.0 Å². The molecule has 0 aromatic rings. The van der Waals surface area contributed by atoms with Crippen LogP contribution in [0.15, 0.2) is 24.1 Å². The number of nitrogens with zero attached hydrogens (tertiary/aromatic N) is 1. The summed E-state index contributed by atoms with van der Waals surface area (Å²) in [6, 6.07) is 0. The standard InChI is InChI=1S/C7H13NO3S/c1-6(5-7(2)9)8(3)12(4,10)11/h5,9H,1H2,2-4H3/b7-5+. The molecule has 1 N–H and O–H groups in total. The Balaban J connectivity index is 4.65. The van der Waals surface area contributed by atoms with E-state index in [2.05, 4.69) is 6.58 Å². The van der Waals surface area contributed by atoms with Crippen molar-refractivity contribution in [3.05, 3.63) is 24.1 Å². The third-order valence-electron chi connectivity index (χ3n) is 1.28. The van der Waals surface area contributed by atoms with Crippen molar-refractivity contribution in [3.8, 4) is 0 Å². The first-order chi connectivity index (χ1) is 5.25. The van der Waals surface area contributed by atoms with Crippen LogP contribution in [0.25, 0.3) is 0 Å². The van der Waals surface area contributed by atoms with E-state index in [9.17, 15) is 8.42 Å². The molecule has 0 aromatic heterocycles. The molecule has 0 saturated heterocycles. The fourth-order valence-electron chi connectivity index (χ4n) is 0.545. The molecule has 0 atom stereocenters. The van der Waals surface area contributed by atoms with E-state index in [1.54, 1.807) is 0 Å². The average molecular weight is 191 g/mol. The van der Waals surface area contributed by atoms with Crippen LogP contribution >= 0.6 is 0 Å². The molecule has 0 bridgehead atoms. The van der Waals surface area contributed by atoms with Crippen LogP contribution < -0.4 is 0 Å². The molecule has 0 saturated carbocycles. The van der Waals surface area contributed by atoms with Gasteiger partial charge in [0.15, 0.2) is 0 Å². The summed E-state index contributed by atoms with van der Waals surface area (Å²) in [6.45, 7) is 4.92. The third-order valence-corrected chi connectivity index (χ3v) is 2.51. The van der Waals surface area contributed by atoms with Gasteiger partial charge in [-0.15, -0.1) is 0 Å². The zero-order valence-electron chi connectivity index (χ0n) is 7.40. The third kappa shape index (κ3) is 3.43. The molecule has 0 aliphatic rings. The van der Waals surface area contributed by atoms with Gasteiger partial charge in [-0.05, 0) is 13.0 Å². The molecule has 0 aliphatic heterocycles.